The summed E-state index contributed by atoms with van der Waals surface area (Å²) >= 11 is 0. The van der Waals surface area contributed by atoms with E-state index in [0.717, 1.165) is 5.82 Å². The van der Waals surface area contributed by atoms with Gasteiger partial charge in [0.25, 0.3) is 0 Å². The van der Waals surface area contributed by atoms with Crippen molar-refractivity contribution in [1.29, 1.82) is 0 Å². The number of imide groups is 1. The summed E-state index contributed by atoms with van der Waals surface area (Å²) in [7, 11) is 0. The quantitative estimate of drug-likeness (QED) is 0.789. The molecule has 102 valence electrons. The molecule has 2 aromatic rings. The standard InChI is InChI=1S/C13H13N5O2/c1-8-14-5-6-18(8)12-9(3-2-4-15-12)16-10-7-11(19)17-13(10)20/h2-6,10,16H,7H2,1H3,(H,17,19,20). The number of hydrogen-bond donors (Lipinski definition) is 2. The summed E-state index contributed by atoms with van der Waals surface area (Å²) in [5.74, 6) is 0.859. The molecule has 20 heavy (non-hydrogen) atoms. The van der Waals surface area contributed by atoms with Gasteiger partial charge < -0.3 is 5.32 Å². The van der Waals surface area contributed by atoms with Crippen LogP contribution in [0.4, 0.5) is 5.69 Å². The van der Waals surface area contributed by atoms with Crippen molar-refractivity contribution in [2.75, 3.05) is 5.32 Å². The van der Waals surface area contributed by atoms with Gasteiger partial charge in [0.05, 0.1) is 12.1 Å². The van der Waals surface area contributed by atoms with Gasteiger partial charge in [-0.1, -0.05) is 0 Å². The van der Waals surface area contributed by atoms with Crippen LogP contribution in [0.25, 0.3) is 5.82 Å². The monoisotopic (exact) mass is 271 g/mol. The van der Waals surface area contributed by atoms with Crippen LogP contribution < -0.4 is 10.6 Å². The molecule has 2 amide bonds. The van der Waals surface area contributed by atoms with Crippen molar-refractivity contribution < 1.29 is 9.59 Å². The summed E-state index contributed by atoms with van der Waals surface area (Å²) in [4.78, 5) is 31.3. The molecule has 1 saturated heterocycles. The first kappa shape index (κ1) is 12.3. The van der Waals surface area contributed by atoms with E-state index in [4.69, 9.17) is 0 Å². The lowest BCUT2D eigenvalue weighted by molar-refractivity contribution is -0.124. The molecule has 1 unspecified atom stereocenters. The zero-order valence-electron chi connectivity index (χ0n) is 10.8. The molecular formula is C13H13N5O2. The van der Waals surface area contributed by atoms with Gasteiger partial charge in [0.2, 0.25) is 11.8 Å². The van der Waals surface area contributed by atoms with Crippen molar-refractivity contribution >= 4 is 17.5 Å². The van der Waals surface area contributed by atoms with Crippen LogP contribution in [0.3, 0.4) is 0 Å². The first-order valence-corrected chi connectivity index (χ1v) is 6.21. The molecule has 1 fully saturated rings. The third-order valence-corrected chi connectivity index (χ3v) is 3.14. The summed E-state index contributed by atoms with van der Waals surface area (Å²) in [6, 6.07) is 3.03. The van der Waals surface area contributed by atoms with E-state index in [1.165, 1.54) is 0 Å². The van der Waals surface area contributed by atoms with Crippen LogP contribution in [-0.4, -0.2) is 32.4 Å². The lowest BCUT2D eigenvalue weighted by Gasteiger charge is -2.15. The number of hydrogen-bond acceptors (Lipinski definition) is 5. The second kappa shape index (κ2) is 4.76. The van der Waals surface area contributed by atoms with Crippen LogP contribution in [0.5, 0.6) is 0 Å². The Morgan fingerprint density at radius 1 is 1.35 bits per heavy atom. The Morgan fingerprint density at radius 2 is 2.20 bits per heavy atom. The van der Waals surface area contributed by atoms with E-state index in [0.29, 0.717) is 11.5 Å². The Morgan fingerprint density at radius 3 is 2.85 bits per heavy atom. The number of imidazole rings is 1. The average molecular weight is 271 g/mol. The van der Waals surface area contributed by atoms with Crippen LogP contribution in [0.15, 0.2) is 30.7 Å². The topological polar surface area (TPSA) is 88.9 Å². The van der Waals surface area contributed by atoms with E-state index < -0.39 is 6.04 Å². The molecule has 1 aliphatic rings. The highest BCUT2D eigenvalue weighted by molar-refractivity contribution is 6.06. The fraction of sp³-hybridized carbons (Fsp3) is 0.231. The normalized spacial score (nSPS) is 18.1. The lowest BCUT2D eigenvalue weighted by Crippen LogP contribution is -2.30. The number of carbonyl (C=O) groups is 2. The maximum Gasteiger partial charge on any atom is 0.249 e. The molecule has 7 heteroatoms. The number of carbonyl (C=O) groups excluding carboxylic acids is 2. The predicted molar refractivity (Wildman–Crippen MR) is 71.3 cm³/mol. The van der Waals surface area contributed by atoms with E-state index in [9.17, 15) is 9.59 Å². The molecule has 2 N–H and O–H groups in total. The molecule has 0 radical (unpaired) electrons. The minimum absolute atomic E-state index is 0.135. The first-order chi connectivity index (χ1) is 9.65. The summed E-state index contributed by atoms with van der Waals surface area (Å²) < 4.78 is 1.82. The molecule has 3 rings (SSSR count). The van der Waals surface area contributed by atoms with Crippen molar-refractivity contribution in [2.45, 2.75) is 19.4 Å². The van der Waals surface area contributed by atoms with Gasteiger partial charge in [0.15, 0.2) is 5.82 Å². The largest absolute Gasteiger partial charge is 0.370 e. The molecule has 7 nitrogen and oxygen atoms in total. The van der Waals surface area contributed by atoms with Crippen molar-refractivity contribution in [3.63, 3.8) is 0 Å². The van der Waals surface area contributed by atoms with Crippen LogP contribution in [0, 0.1) is 6.92 Å². The van der Waals surface area contributed by atoms with Crippen LogP contribution in [0.1, 0.15) is 12.2 Å². The summed E-state index contributed by atoms with van der Waals surface area (Å²) in [5.41, 5.74) is 0.684. The zero-order valence-corrected chi connectivity index (χ0v) is 10.8. The first-order valence-electron chi connectivity index (χ1n) is 6.21. The Balaban J connectivity index is 1.93. The second-order valence-electron chi connectivity index (χ2n) is 4.53. The molecule has 0 aliphatic carbocycles. The molecule has 1 atom stereocenters. The molecule has 0 aromatic carbocycles. The van der Waals surface area contributed by atoms with E-state index >= 15 is 0 Å². The van der Waals surface area contributed by atoms with Gasteiger partial charge in [0.1, 0.15) is 11.9 Å². The minimum atomic E-state index is -0.561. The maximum atomic E-state index is 11.6. The third-order valence-electron chi connectivity index (χ3n) is 3.14. The fourth-order valence-corrected chi connectivity index (χ4v) is 2.16. The third kappa shape index (κ3) is 2.13. The van der Waals surface area contributed by atoms with Crippen molar-refractivity contribution in [2.24, 2.45) is 0 Å². The van der Waals surface area contributed by atoms with Gasteiger partial charge in [-0.3, -0.25) is 19.5 Å². The molecular weight excluding hydrogens is 258 g/mol. The number of pyridine rings is 1. The van der Waals surface area contributed by atoms with Gasteiger partial charge in [-0.2, -0.15) is 0 Å². The lowest BCUT2D eigenvalue weighted by atomic mass is 10.2. The van der Waals surface area contributed by atoms with Gasteiger partial charge in [-0.15, -0.1) is 0 Å². The van der Waals surface area contributed by atoms with E-state index in [2.05, 4.69) is 20.6 Å². The average Bonchev–Trinajstić information content (AvgIpc) is 2.97. The summed E-state index contributed by atoms with van der Waals surface area (Å²) in [6.45, 7) is 1.87. The fourth-order valence-electron chi connectivity index (χ4n) is 2.16. The summed E-state index contributed by atoms with van der Waals surface area (Å²) in [5, 5.41) is 5.33. The van der Waals surface area contributed by atoms with Gasteiger partial charge in [-0.25, -0.2) is 9.97 Å². The molecule has 2 aromatic heterocycles. The summed E-state index contributed by atoms with van der Waals surface area (Å²) in [6.07, 6.45) is 5.28. The van der Waals surface area contributed by atoms with Gasteiger partial charge >= 0.3 is 0 Å². The number of aromatic nitrogens is 3. The molecule has 3 heterocycles. The van der Waals surface area contributed by atoms with Crippen LogP contribution in [-0.2, 0) is 9.59 Å². The SMILES string of the molecule is Cc1nccn1-c1ncccc1NC1CC(=O)NC1=O. The molecule has 1 aliphatic heterocycles. The number of rotatable bonds is 3. The van der Waals surface area contributed by atoms with Crippen LogP contribution in [0.2, 0.25) is 0 Å². The Labute approximate surface area is 115 Å². The Hall–Kier alpha value is -2.70. The number of anilines is 1. The minimum Gasteiger partial charge on any atom is -0.370 e. The molecule has 0 saturated carbocycles. The molecule has 0 spiro atoms. The van der Waals surface area contributed by atoms with Gasteiger partial charge in [-0.05, 0) is 19.1 Å². The number of nitrogens with zero attached hydrogens (tertiary/aromatic N) is 3. The zero-order chi connectivity index (χ0) is 14.1. The van der Waals surface area contributed by atoms with E-state index in [1.807, 2.05) is 17.6 Å². The van der Waals surface area contributed by atoms with Crippen molar-refractivity contribution in [3.8, 4) is 5.82 Å². The van der Waals surface area contributed by atoms with E-state index in [1.54, 1.807) is 24.7 Å². The Kier molecular flexibility index (Phi) is 2.94. The number of aryl methyl sites for hydroxylation is 1. The van der Waals surface area contributed by atoms with E-state index in [-0.39, 0.29) is 18.2 Å². The maximum absolute atomic E-state index is 11.6. The highest BCUT2D eigenvalue weighted by atomic mass is 16.2. The Bertz CT molecular complexity index is 679. The molecule has 0 bridgehead atoms. The highest BCUT2D eigenvalue weighted by Gasteiger charge is 2.31. The predicted octanol–water partition coefficient (Wildman–Crippen LogP) is 0.403. The highest BCUT2D eigenvalue weighted by Crippen LogP contribution is 2.20. The van der Waals surface area contributed by atoms with Crippen LogP contribution >= 0.6 is 0 Å². The number of nitrogens with one attached hydrogen (secondary N) is 2. The van der Waals surface area contributed by atoms with Crippen molar-refractivity contribution in [3.05, 3.63) is 36.5 Å². The van der Waals surface area contributed by atoms with Crippen molar-refractivity contribution in [1.82, 2.24) is 19.9 Å². The smallest absolute Gasteiger partial charge is 0.249 e. The second-order valence-corrected chi connectivity index (χ2v) is 4.53. The van der Waals surface area contributed by atoms with Gasteiger partial charge in [0, 0.05) is 18.6 Å². The number of amides is 2.